The first-order chi connectivity index (χ1) is 5.34. The zero-order valence-corrected chi connectivity index (χ0v) is 7.14. The molecular formula is C9H16N2. The number of rotatable bonds is 2. The SMILES string of the molecule is C#CCN(C)C1CCNCC1. The lowest BCUT2D eigenvalue weighted by molar-refractivity contribution is 0.220. The van der Waals surface area contributed by atoms with Crippen LogP contribution in [0.1, 0.15) is 12.8 Å². The average Bonchev–Trinajstić information content (AvgIpc) is 2.07. The molecular weight excluding hydrogens is 136 g/mol. The molecule has 0 aromatic carbocycles. The molecule has 0 aliphatic carbocycles. The van der Waals surface area contributed by atoms with Crippen molar-refractivity contribution in [1.29, 1.82) is 0 Å². The summed E-state index contributed by atoms with van der Waals surface area (Å²) in [4.78, 5) is 2.26. The molecule has 11 heavy (non-hydrogen) atoms. The summed E-state index contributed by atoms with van der Waals surface area (Å²) in [7, 11) is 2.11. The molecule has 1 rings (SSSR count). The normalized spacial score (nSPS) is 20.1. The van der Waals surface area contributed by atoms with Gasteiger partial charge in [-0.3, -0.25) is 4.90 Å². The van der Waals surface area contributed by atoms with Crippen molar-refractivity contribution in [3.8, 4) is 12.3 Å². The van der Waals surface area contributed by atoms with Gasteiger partial charge in [-0.05, 0) is 33.0 Å². The van der Waals surface area contributed by atoms with Crippen molar-refractivity contribution in [2.24, 2.45) is 0 Å². The van der Waals surface area contributed by atoms with E-state index in [9.17, 15) is 0 Å². The molecule has 0 aromatic rings. The van der Waals surface area contributed by atoms with Crippen molar-refractivity contribution < 1.29 is 0 Å². The van der Waals surface area contributed by atoms with E-state index in [2.05, 4.69) is 23.2 Å². The van der Waals surface area contributed by atoms with E-state index < -0.39 is 0 Å². The first-order valence-electron chi connectivity index (χ1n) is 4.19. The second-order valence-corrected chi connectivity index (χ2v) is 3.10. The Labute approximate surface area is 69.0 Å². The van der Waals surface area contributed by atoms with Crippen molar-refractivity contribution in [2.45, 2.75) is 18.9 Å². The van der Waals surface area contributed by atoms with E-state index in [-0.39, 0.29) is 0 Å². The van der Waals surface area contributed by atoms with E-state index >= 15 is 0 Å². The lowest BCUT2D eigenvalue weighted by atomic mass is 10.1. The Morgan fingerprint density at radius 3 is 2.73 bits per heavy atom. The molecule has 62 valence electrons. The number of terminal acetylenes is 1. The second-order valence-electron chi connectivity index (χ2n) is 3.10. The summed E-state index contributed by atoms with van der Waals surface area (Å²) < 4.78 is 0. The Morgan fingerprint density at radius 2 is 2.18 bits per heavy atom. The van der Waals surface area contributed by atoms with E-state index in [4.69, 9.17) is 6.42 Å². The lowest BCUT2D eigenvalue weighted by Gasteiger charge is -2.30. The van der Waals surface area contributed by atoms with Crippen LogP contribution in [0.5, 0.6) is 0 Å². The van der Waals surface area contributed by atoms with Crippen molar-refractivity contribution in [1.82, 2.24) is 10.2 Å². The van der Waals surface area contributed by atoms with Crippen molar-refractivity contribution in [2.75, 3.05) is 26.7 Å². The quantitative estimate of drug-likeness (QED) is 0.573. The summed E-state index contributed by atoms with van der Waals surface area (Å²) in [5, 5.41) is 3.33. The fourth-order valence-corrected chi connectivity index (χ4v) is 1.52. The molecule has 2 heteroatoms. The number of hydrogen-bond donors (Lipinski definition) is 1. The maximum atomic E-state index is 5.23. The smallest absolute Gasteiger partial charge is 0.0598 e. The highest BCUT2D eigenvalue weighted by Crippen LogP contribution is 2.08. The third-order valence-corrected chi connectivity index (χ3v) is 2.27. The van der Waals surface area contributed by atoms with Gasteiger partial charge in [0.05, 0.1) is 6.54 Å². The van der Waals surface area contributed by atoms with Gasteiger partial charge >= 0.3 is 0 Å². The van der Waals surface area contributed by atoms with Crippen LogP contribution in [0.4, 0.5) is 0 Å². The van der Waals surface area contributed by atoms with Gasteiger partial charge in [0.25, 0.3) is 0 Å². The molecule has 0 radical (unpaired) electrons. The van der Waals surface area contributed by atoms with Crippen LogP contribution < -0.4 is 5.32 Å². The molecule has 0 spiro atoms. The second kappa shape index (κ2) is 4.38. The first kappa shape index (κ1) is 8.58. The zero-order valence-electron chi connectivity index (χ0n) is 7.14. The minimum absolute atomic E-state index is 0.701. The Bertz CT molecular complexity index is 142. The Balaban J connectivity index is 2.27. The van der Waals surface area contributed by atoms with Gasteiger partial charge in [-0.25, -0.2) is 0 Å². The molecule has 1 saturated heterocycles. The van der Waals surface area contributed by atoms with E-state index in [0.29, 0.717) is 6.04 Å². The summed E-state index contributed by atoms with van der Waals surface area (Å²) in [5.41, 5.74) is 0. The van der Waals surface area contributed by atoms with Gasteiger partial charge in [-0.1, -0.05) is 5.92 Å². The predicted octanol–water partition coefficient (Wildman–Crippen LogP) is 0.303. The average molecular weight is 152 g/mol. The molecule has 0 atom stereocenters. The monoisotopic (exact) mass is 152 g/mol. The van der Waals surface area contributed by atoms with Crippen LogP contribution in [0.15, 0.2) is 0 Å². The van der Waals surface area contributed by atoms with Crippen LogP contribution in [0.2, 0.25) is 0 Å². The molecule has 1 aliphatic rings. The van der Waals surface area contributed by atoms with Crippen LogP contribution in [-0.2, 0) is 0 Å². The zero-order chi connectivity index (χ0) is 8.10. The third-order valence-electron chi connectivity index (χ3n) is 2.27. The molecule has 1 fully saturated rings. The van der Waals surface area contributed by atoms with E-state index in [1.807, 2.05) is 0 Å². The predicted molar refractivity (Wildman–Crippen MR) is 47.4 cm³/mol. The minimum atomic E-state index is 0.701. The molecule has 0 amide bonds. The highest BCUT2D eigenvalue weighted by Gasteiger charge is 2.15. The third kappa shape index (κ3) is 2.53. The first-order valence-corrected chi connectivity index (χ1v) is 4.19. The van der Waals surface area contributed by atoms with Gasteiger partial charge in [-0.2, -0.15) is 0 Å². The van der Waals surface area contributed by atoms with Crippen molar-refractivity contribution >= 4 is 0 Å². The van der Waals surface area contributed by atoms with Crippen molar-refractivity contribution in [3.63, 3.8) is 0 Å². The van der Waals surface area contributed by atoms with Crippen LogP contribution in [-0.4, -0.2) is 37.6 Å². The number of nitrogens with one attached hydrogen (secondary N) is 1. The summed E-state index contributed by atoms with van der Waals surface area (Å²) in [5.74, 6) is 2.67. The largest absolute Gasteiger partial charge is 0.317 e. The molecule has 1 N–H and O–H groups in total. The summed E-state index contributed by atoms with van der Waals surface area (Å²) in [6, 6.07) is 0.701. The highest BCUT2D eigenvalue weighted by molar-refractivity contribution is 4.90. The van der Waals surface area contributed by atoms with Crippen molar-refractivity contribution in [3.05, 3.63) is 0 Å². The fourth-order valence-electron chi connectivity index (χ4n) is 1.52. The number of nitrogens with zero attached hydrogens (tertiary/aromatic N) is 1. The number of piperidine rings is 1. The maximum absolute atomic E-state index is 5.23. The summed E-state index contributed by atoms with van der Waals surface area (Å²) >= 11 is 0. The summed E-state index contributed by atoms with van der Waals surface area (Å²) in [6.07, 6.45) is 7.70. The molecule has 0 bridgehead atoms. The molecule has 2 nitrogen and oxygen atoms in total. The van der Waals surface area contributed by atoms with Gasteiger partial charge in [0.15, 0.2) is 0 Å². The Morgan fingerprint density at radius 1 is 1.55 bits per heavy atom. The van der Waals surface area contributed by atoms with Gasteiger partial charge in [0.1, 0.15) is 0 Å². The Hall–Kier alpha value is -0.520. The van der Waals surface area contributed by atoms with E-state index in [1.54, 1.807) is 0 Å². The topological polar surface area (TPSA) is 15.3 Å². The van der Waals surface area contributed by atoms with Crippen LogP contribution in [0, 0.1) is 12.3 Å². The molecule has 1 heterocycles. The maximum Gasteiger partial charge on any atom is 0.0598 e. The van der Waals surface area contributed by atoms with Gasteiger partial charge in [0.2, 0.25) is 0 Å². The van der Waals surface area contributed by atoms with E-state index in [1.165, 1.54) is 12.8 Å². The van der Waals surface area contributed by atoms with E-state index in [0.717, 1.165) is 19.6 Å². The fraction of sp³-hybridized carbons (Fsp3) is 0.778. The van der Waals surface area contributed by atoms with Crippen LogP contribution >= 0.6 is 0 Å². The molecule has 0 unspecified atom stereocenters. The van der Waals surface area contributed by atoms with Crippen LogP contribution in [0.25, 0.3) is 0 Å². The molecule has 0 aromatic heterocycles. The summed E-state index contributed by atoms with van der Waals surface area (Å²) in [6.45, 7) is 3.06. The number of hydrogen-bond acceptors (Lipinski definition) is 2. The van der Waals surface area contributed by atoms with Crippen LogP contribution in [0.3, 0.4) is 0 Å². The minimum Gasteiger partial charge on any atom is -0.317 e. The molecule has 1 aliphatic heterocycles. The van der Waals surface area contributed by atoms with Gasteiger partial charge < -0.3 is 5.32 Å². The lowest BCUT2D eigenvalue weighted by Crippen LogP contribution is -2.41. The van der Waals surface area contributed by atoms with Gasteiger partial charge in [0, 0.05) is 6.04 Å². The van der Waals surface area contributed by atoms with Gasteiger partial charge in [-0.15, -0.1) is 6.42 Å². The molecule has 0 saturated carbocycles. The highest BCUT2D eigenvalue weighted by atomic mass is 15.1. The standard InChI is InChI=1S/C9H16N2/c1-3-8-11(2)9-4-6-10-7-5-9/h1,9-10H,4-8H2,2H3. The Kier molecular flexibility index (Phi) is 3.41.